The highest BCUT2D eigenvalue weighted by atomic mass is 16.5. The average molecular weight is 273 g/mol. The Labute approximate surface area is 120 Å². The Balaban J connectivity index is 2.59. The van der Waals surface area contributed by atoms with Gasteiger partial charge in [0.15, 0.2) is 6.29 Å². The molecule has 0 aliphatic carbocycles. The smallest absolute Gasteiger partial charge is 0.152 e. The van der Waals surface area contributed by atoms with Gasteiger partial charge in [-0.1, -0.05) is 6.92 Å². The van der Waals surface area contributed by atoms with Gasteiger partial charge in [0.2, 0.25) is 0 Å². The molecule has 2 rings (SSSR count). The fraction of sp³-hybridized carbons (Fsp3) is 0.471. The molecular formula is C17H23NO2. The molecule has 0 spiro atoms. The summed E-state index contributed by atoms with van der Waals surface area (Å²) in [5.74, 6) is 0.829. The van der Waals surface area contributed by atoms with E-state index in [2.05, 4.69) is 32.3 Å². The number of nitrogens with zero attached hydrogens (tertiary/aromatic N) is 1. The van der Waals surface area contributed by atoms with E-state index in [0.29, 0.717) is 6.04 Å². The molecule has 0 aliphatic heterocycles. The molecule has 0 N–H and O–H groups in total. The first-order valence-corrected chi connectivity index (χ1v) is 7.26. The highest BCUT2D eigenvalue weighted by Gasteiger charge is 2.16. The highest BCUT2D eigenvalue weighted by molar-refractivity contribution is 6.00. The summed E-state index contributed by atoms with van der Waals surface area (Å²) in [5.41, 5.74) is 2.88. The van der Waals surface area contributed by atoms with Crippen LogP contribution in [0.25, 0.3) is 10.9 Å². The van der Waals surface area contributed by atoms with Crippen molar-refractivity contribution in [2.45, 2.75) is 53.2 Å². The lowest BCUT2D eigenvalue weighted by Crippen LogP contribution is -2.09. The average Bonchev–Trinajstić information content (AvgIpc) is 2.69. The zero-order valence-electron chi connectivity index (χ0n) is 12.9. The van der Waals surface area contributed by atoms with Crippen molar-refractivity contribution in [1.82, 2.24) is 4.57 Å². The Bertz CT molecular complexity index is 625. The van der Waals surface area contributed by atoms with Gasteiger partial charge in [0.1, 0.15) is 5.75 Å². The Morgan fingerprint density at radius 3 is 2.55 bits per heavy atom. The minimum absolute atomic E-state index is 0.181. The van der Waals surface area contributed by atoms with Gasteiger partial charge in [0.05, 0.1) is 6.10 Å². The number of aldehydes is 1. The monoisotopic (exact) mass is 273 g/mol. The lowest BCUT2D eigenvalue weighted by atomic mass is 10.1. The number of hydrogen-bond acceptors (Lipinski definition) is 2. The van der Waals surface area contributed by atoms with Crippen molar-refractivity contribution < 1.29 is 9.53 Å². The van der Waals surface area contributed by atoms with E-state index >= 15 is 0 Å². The first-order valence-electron chi connectivity index (χ1n) is 7.26. The fourth-order valence-electron chi connectivity index (χ4n) is 2.65. The zero-order chi connectivity index (χ0) is 14.9. The van der Waals surface area contributed by atoms with Gasteiger partial charge in [-0.3, -0.25) is 4.79 Å². The van der Waals surface area contributed by atoms with Crippen LogP contribution >= 0.6 is 0 Å². The molecule has 0 aliphatic rings. The normalized spacial score (nSPS) is 12.9. The van der Waals surface area contributed by atoms with Crippen LogP contribution in [-0.2, 0) is 0 Å². The van der Waals surface area contributed by atoms with Crippen molar-refractivity contribution in [3.8, 4) is 5.75 Å². The lowest BCUT2D eigenvalue weighted by molar-refractivity contribution is 0.112. The van der Waals surface area contributed by atoms with E-state index in [1.165, 1.54) is 0 Å². The van der Waals surface area contributed by atoms with E-state index in [1.54, 1.807) is 0 Å². The van der Waals surface area contributed by atoms with Gasteiger partial charge in [-0.05, 0) is 52.3 Å². The summed E-state index contributed by atoms with van der Waals surface area (Å²) in [6, 6.07) is 6.35. The molecule has 2 aromatic rings. The summed E-state index contributed by atoms with van der Waals surface area (Å²) in [4.78, 5) is 11.4. The molecule has 1 aromatic heterocycles. The molecule has 3 nitrogen and oxygen atoms in total. The predicted molar refractivity (Wildman–Crippen MR) is 82.8 cm³/mol. The van der Waals surface area contributed by atoms with Crippen LogP contribution in [0.5, 0.6) is 5.75 Å². The first-order chi connectivity index (χ1) is 9.49. The lowest BCUT2D eigenvalue weighted by Gasteiger charge is -2.14. The summed E-state index contributed by atoms with van der Waals surface area (Å²) in [6.07, 6.45) is 2.09. The van der Waals surface area contributed by atoms with Gasteiger partial charge >= 0.3 is 0 Å². The third kappa shape index (κ3) is 2.45. The van der Waals surface area contributed by atoms with Crippen LogP contribution in [0.2, 0.25) is 0 Å². The van der Waals surface area contributed by atoms with Crippen LogP contribution in [0, 0.1) is 6.92 Å². The van der Waals surface area contributed by atoms with Crippen LogP contribution in [-0.4, -0.2) is 17.0 Å². The molecule has 108 valence electrons. The number of benzene rings is 1. The number of rotatable bonds is 5. The molecule has 0 fully saturated rings. The van der Waals surface area contributed by atoms with Crippen LogP contribution in [0.1, 0.15) is 56.2 Å². The maximum absolute atomic E-state index is 11.4. The SMILES string of the molecule is CC[C@@H](C)Oc1ccc2c(c1)c(C=O)c(C)n2C(C)C. The van der Waals surface area contributed by atoms with Crippen LogP contribution in [0.4, 0.5) is 0 Å². The number of ether oxygens (including phenoxy) is 1. The Morgan fingerprint density at radius 2 is 2.00 bits per heavy atom. The maximum Gasteiger partial charge on any atom is 0.152 e. The summed E-state index contributed by atoms with van der Waals surface area (Å²) in [5, 5.41) is 0.979. The molecule has 0 saturated heterocycles. The molecule has 0 saturated carbocycles. The topological polar surface area (TPSA) is 31.2 Å². The molecule has 1 aromatic carbocycles. The molecule has 3 heteroatoms. The third-order valence-corrected chi connectivity index (χ3v) is 3.82. The summed E-state index contributed by atoms with van der Waals surface area (Å²) < 4.78 is 8.06. The van der Waals surface area contributed by atoms with E-state index in [-0.39, 0.29) is 6.10 Å². The van der Waals surface area contributed by atoms with Gasteiger partial charge in [-0.15, -0.1) is 0 Å². The van der Waals surface area contributed by atoms with Crippen molar-refractivity contribution in [2.75, 3.05) is 0 Å². The number of aromatic nitrogens is 1. The van der Waals surface area contributed by atoms with Crippen LogP contribution in [0.15, 0.2) is 18.2 Å². The summed E-state index contributed by atoms with van der Waals surface area (Å²) in [7, 11) is 0. The highest BCUT2D eigenvalue weighted by Crippen LogP contribution is 2.31. The van der Waals surface area contributed by atoms with Crippen molar-refractivity contribution in [2.24, 2.45) is 0 Å². The fourth-order valence-corrected chi connectivity index (χ4v) is 2.65. The molecule has 1 heterocycles. The van der Waals surface area contributed by atoms with Crippen molar-refractivity contribution in [1.29, 1.82) is 0 Å². The minimum atomic E-state index is 0.181. The first kappa shape index (κ1) is 14.6. The second-order valence-electron chi connectivity index (χ2n) is 5.60. The van der Waals surface area contributed by atoms with Crippen molar-refractivity contribution in [3.63, 3.8) is 0 Å². The molecule has 0 bridgehead atoms. The molecule has 1 atom stereocenters. The quantitative estimate of drug-likeness (QED) is 0.750. The Kier molecular flexibility index (Phi) is 4.17. The van der Waals surface area contributed by atoms with E-state index in [4.69, 9.17) is 4.74 Å². The minimum Gasteiger partial charge on any atom is -0.491 e. The Morgan fingerprint density at radius 1 is 1.30 bits per heavy atom. The second-order valence-corrected chi connectivity index (χ2v) is 5.60. The predicted octanol–water partition coefficient (Wildman–Crippen LogP) is 4.52. The summed E-state index contributed by atoms with van der Waals surface area (Å²) >= 11 is 0. The molecular weight excluding hydrogens is 250 g/mol. The van der Waals surface area contributed by atoms with E-state index in [1.807, 2.05) is 25.1 Å². The van der Waals surface area contributed by atoms with Crippen LogP contribution < -0.4 is 4.74 Å². The standard InChI is InChI=1S/C17H23NO2/c1-6-12(4)20-14-7-8-17-15(9-14)16(10-19)13(5)18(17)11(2)3/h7-12H,6H2,1-5H3/t12-/m1/s1. The third-order valence-electron chi connectivity index (χ3n) is 3.82. The summed E-state index contributed by atoms with van der Waals surface area (Å²) in [6.45, 7) is 10.4. The van der Waals surface area contributed by atoms with Gasteiger partial charge < -0.3 is 9.30 Å². The maximum atomic E-state index is 11.4. The number of carbonyl (C=O) groups is 1. The van der Waals surface area contributed by atoms with Crippen LogP contribution in [0.3, 0.4) is 0 Å². The molecule has 20 heavy (non-hydrogen) atoms. The second kappa shape index (κ2) is 5.70. The molecule has 0 amide bonds. The number of fused-ring (bicyclic) bond motifs is 1. The van der Waals surface area contributed by atoms with Gasteiger partial charge in [0.25, 0.3) is 0 Å². The number of carbonyl (C=O) groups excluding carboxylic acids is 1. The largest absolute Gasteiger partial charge is 0.491 e. The van der Waals surface area contributed by atoms with E-state index < -0.39 is 0 Å². The van der Waals surface area contributed by atoms with Gasteiger partial charge in [0, 0.05) is 28.2 Å². The number of hydrogen-bond donors (Lipinski definition) is 0. The van der Waals surface area contributed by atoms with E-state index in [9.17, 15) is 4.79 Å². The van der Waals surface area contributed by atoms with Crippen molar-refractivity contribution in [3.05, 3.63) is 29.5 Å². The van der Waals surface area contributed by atoms with Gasteiger partial charge in [-0.25, -0.2) is 0 Å². The zero-order valence-corrected chi connectivity index (χ0v) is 12.9. The molecule has 0 unspecified atom stereocenters. The molecule has 0 radical (unpaired) electrons. The van der Waals surface area contributed by atoms with Crippen molar-refractivity contribution >= 4 is 17.2 Å². The van der Waals surface area contributed by atoms with Gasteiger partial charge in [-0.2, -0.15) is 0 Å². The Hall–Kier alpha value is -1.77. The van der Waals surface area contributed by atoms with E-state index in [0.717, 1.165) is 40.6 Å².